The smallest absolute Gasteiger partial charge is 0.0541 e. The van der Waals surface area contributed by atoms with Crippen LogP contribution in [0.5, 0.6) is 0 Å². The van der Waals surface area contributed by atoms with Crippen LogP contribution in [-0.4, -0.2) is 4.57 Å². The Morgan fingerprint density at radius 2 is 1.00 bits per heavy atom. The van der Waals surface area contributed by atoms with Crippen molar-refractivity contribution in [2.45, 2.75) is 19.3 Å². The van der Waals surface area contributed by atoms with E-state index < -0.39 is 0 Å². The van der Waals surface area contributed by atoms with E-state index >= 15 is 0 Å². The molecule has 1 aliphatic carbocycles. The minimum atomic E-state index is -0.0948. The van der Waals surface area contributed by atoms with Gasteiger partial charge in [-0.3, -0.25) is 0 Å². The Bertz CT molecular complexity index is 2970. The number of hydrogen-bond acceptors (Lipinski definition) is 1. The molecule has 0 aliphatic heterocycles. The second kappa shape index (κ2) is 11.4. The van der Waals surface area contributed by atoms with Gasteiger partial charge in [-0.15, -0.1) is 11.3 Å². The maximum atomic E-state index is 2.46. The van der Waals surface area contributed by atoms with Crippen molar-refractivity contribution in [1.29, 1.82) is 0 Å². The molecule has 2 heterocycles. The van der Waals surface area contributed by atoms with Crippen LogP contribution < -0.4 is 0 Å². The molecule has 2 heteroatoms. The predicted octanol–water partition coefficient (Wildman–Crippen LogP) is 14.5. The highest BCUT2D eigenvalue weighted by Gasteiger charge is 2.37. The molecule has 0 spiro atoms. The van der Waals surface area contributed by atoms with Crippen LogP contribution in [-0.2, 0) is 5.41 Å². The molecule has 0 N–H and O–H groups in total. The summed E-state index contributed by atoms with van der Waals surface area (Å²) in [5.41, 5.74) is 16.5. The molecule has 0 fully saturated rings. The van der Waals surface area contributed by atoms with Crippen LogP contribution in [0.25, 0.3) is 92.2 Å². The summed E-state index contributed by atoms with van der Waals surface area (Å²) in [7, 11) is 0. The summed E-state index contributed by atoms with van der Waals surface area (Å²) in [6.45, 7) is 4.78. The largest absolute Gasteiger partial charge is 0.309 e. The number of nitrogens with zero attached hydrogens (tertiary/aromatic N) is 1. The molecule has 0 bridgehead atoms. The fourth-order valence-corrected chi connectivity index (χ4v) is 10.2. The van der Waals surface area contributed by atoms with Gasteiger partial charge in [-0.05, 0) is 98.6 Å². The molecule has 1 nitrogen and oxygen atoms in total. The zero-order valence-corrected chi connectivity index (χ0v) is 30.4. The van der Waals surface area contributed by atoms with Gasteiger partial charge in [-0.1, -0.05) is 141 Å². The van der Waals surface area contributed by atoms with Crippen LogP contribution in [0.15, 0.2) is 176 Å². The SMILES string of the molecule is CC1(C)c2cc(-c3cccc(-n4c5ccc(-c6ccccc6)cc5c5cc(-c6ccccc6)ccc54)c3)ccc2-c2c1ccc1c2sc2ccccc21. The number of aromatic nitrogens is 1. The van der Waals surface area contributed by atoms with Crippen molar-refractivity contribution in [3.05, 3.63) is 187 Å². The molecule has 0 radical (unpaired) electrons. The van der Waals surface area contributed by atoms with Crippen molar-refractivity contribution < 1.29 is 0 Å². The number of benzene rings is 8. The average Bonchev–Trinajstić information content (AvgIpc) is 3.83. The van der Waals surface area contributed by atoms with E-state index in [0.29, 0.717) is 0 Å². The van der Waals surface area contributed by atoms with Crippen molar-refractivity contribution >= 4 is 53.3 Å². The fourth-order valence-electron chi connectivity index (χ4n) is 8.93. The Labute approximate surface area is 313 Å². The minimum absolute atomic E-state index is 0.0948. The Hall–Kier alpha value is -6.22. The summed E-state index contributed by atoms with van der Waals surface area (Å²) in [6.07, 6.45) is 0. The van der Waals surface area contributed by atoms with E-state index in [1.165, 1.54) is 97.6 Å². The highest BCUT2D eigenvalue weighted by atomic mass is 32.1. The second-order valence-corrected chi connectivity index (χ2v) is 16.0. The molecule has 53 heavy (non-hydrogen) atoms. The van der Waals surface area contributed by atoms with E-state index in [-0.39, 0.29) is 5.41 Å². The number of rotatable bonds is 4. The Kier molecular flexibility index (Phi) is 6.53. The molecule has 0 amide bonds. The zero-order chi connectivity index (χ0) is 35.3. The van der Waals surface area contributed by atoms with Crippen molar-refractivity contribution in [1.82, 2.24) is 4.57 Å². The van der Waals surface area contributed by atoms with Gasteiger partial charge in [0.05, 0.1) is 11.0 Å². The summed E-state index contributed by atoms with van der Waals surface area (Å²) in [4.78, 5) is 0. The lowest BCUT2D eigenvalue weighted by Crippen LogP contribution is -2.14. The first-order chi connectivity index (χ1) is 26.0. The average molecular weight is 694 g/mol. The van der Waals surface area contributed by atoms with Crippen LogP contribution in [0.4, 0.5) is 0 Å². The van der Waals surface area contributed by atoms with Gasteiger partial charge in [-0.25, -0.2) is 0 Å². The van der Waals surface area contributed by atoms with E-state index in [4.69, 9.17) is 0 Å². The van der Waals surface area contributed by atoms with E-state index in [0.717, 1.165) is 5.69 Å². The predicted molar refractivity (Wildman–Crippen MR) is 228 cm³/mol. The van der Waals surface area contributed by atoms with E-state index in [9.17, 15) is 0 Å². The van der Waals surface area contributed by atoms with Crippen LogP contribution in [0.3, 0.4) is 0 Å². The molecular weight excluding hydrogens is 659 g/mol. The summed E-state index contributed by atoms with van der Waals surface area (Å²) in [5.74, 6) is 0. The van der Waals surface area contributed by atoms with E-state index in [1.54, 1.807) is 0 Å². The maximum absolute atomic E-state index is 2.46. The van der Waals surface area contributed by atoms with Gasteiger partial charge < -0.3 is 4.57 Å². The summed E-state index contributed by atoms with van der Waals surface area (Å²) in [5, 5.41) is 5.23. The normalized spacial score (nSPS) is 13.2. The van der Waals surface area contributed by atoms with Crippen LogP contribution in [0.1, 0.15) is 25.0 Å². The van der Waals surface area contributed by atoms with Crippen molar-refractivity contribution in [2.75, 3.05) is 0 Å². The lowest BCUT2D eigenvalue weighted by molar-refractivity contribution is 0.661. The molecule has 1 aliphatic rings. The molecule has 0 atom stereocenters. The third-order valence-corrected chi connectivity index (χ3v) is 12.8. The Morgan fingerprint density at radius 1 is 0.415 bits per heavy atom. The fraction of sp³-hybridized carbons (Fsp3) is 0.0588. The van der Waals surface area contributed by atoms with E-state index in [1.807, 2.05) is 11.3 Å². The molecule has 250 valence electrons. The van der Waals surface area contributed by atoms with Crippen molar-refractivity contribution in [3.63, 3.8) is 0 Å². The maximum Gasteiger partial charge on any atom is 0.0541 e. The van der Waals surface area contributed by atoms with Crippen LogP contribution in [0.2, 0.25) is 0 Å². The van der Waals surface area contributed by atoms with Gasteiger partial charge in [0.2, 0.25) is 0 Å². The minimum Gasteiger partial charge on any atom is -0.309 e. The van der Waals surface area contributed by atoms with Crippen LogP contribution in [0, 0.1) is 0 Å². The third-order valence-electron chi connectivity index (χ3n) is 11.6. The molecule has 0 saturated heterocycles. The molecular formula is C51H35NS. The highest BCUT2D eigenvalue weighted by molar-refractivity contribution is 7.26. The van der Waals surface area contributed by atoms with Crippen LogP contribution >= 0.6 is 11.3 Å². The van der Waals surface area contributed by atoms with Gasteiger partial charge in [0.1, 0.15) is 0 Å². The highest BCUT2D eigenvalue weighted by Crippen LogP contribution is 2.54. The Morgan fingerprint density at radius 3 is 1.70 bits per heavy atom. The number of hydrogen-bond donors (Lipinski definition) is 0. The van der Waals surface area contributed by atoms with Gasteiger partial charge >= 0.3 is 0 Å². The lowest BCUT2D eigenvalue weighted by atomic mass is 9.81. The lowest BCUT2D eigenvalue weighted by Gasteiger charge is -2.22. The van der Waals surface area contributed by atoms with Crippen molar-refractivity contribution in [2.24, 2.45) is 0 Å². The molecule has 0 unspecified atom stereocenters. The summed E-state index contributed by atoms with van der Waals surface area (Å²) < 4.78 is 5.21. The molecule has 0 saturated carbocycles. The first-order valence-corrected chi connectivity index (χ1v) is 19.2. The Balaban J connectivity index is 1.07. The van der Waals surface area contributed by atoms with Gasteiger partial charge in [-0.2, -0.15) is 0 Å². The van der Waals surface area contributed by atoms with Gasteiger partial charge in [0.25, 0.3) is 0 Å². The first-order valence-electron chi connectivity index (χ1n) is 18.4. The van der Waals surface area contributed by atoms with Crippen molar-refractivity contribution in [3.8, 4) is 50.2 Å². The van der Waals surface area contributed by atoms with E-state index in [2.05, 4.69) is 194 Å². The third kappa shape index (κ3) is 4.56. The quantitative estimate of drug-likeness (QED) is 0.173. The molecule has 2 aromatic heterocycles. The number of fused-ring (bicyclic) bond motifs is 10. The van der Waals surface area contributed by atoms with Gasteiger partial charge in [0, 0.05) is 47.6 Å². The molecule has 8 aromatic carbocycles. The summed E-state index contributed by atoms with van der Waals surface area (Å²) in [6, 6.07) is 65.1. The molecule has 11 rings (SSSR count). The standard InChI is InChI=1S/C51H35NS/c1-51(2)44-25-24-40-39-18-9-10-19-48(39)53-50(40)49(44)41-23-20-37(31-45(41)51)34-16-11-17-38(28-34)52-46-26-21-35(32-12-5-3-6-13-32)29-42(46)43-30-36(22-27-47(43)52)33-14-7-4-8-15-33/h3-31H,1-2H3. The monoisotopic (exact) mass is 693 g/mol. The zero-order valence-electron chi connectivity index (χ0n) is 29.6. The first kappa shape index (κ1) is 30.4. The topological polar surface area (TPSA) is 4.93 Å². The summed E-state index contributed by atoms with van der Waals surface area (Å²) >= 11 is 1.93. The molecule has 10 aromatic rings. The second-order valence-electron chi connectivity index (χ2n) is 14.9. The van der Waals surface area contributed by atoms with Gasteiger partial charge in [0.15, 0.2) is 0 Å². The number of thiophene rings is 1.